The lowest BCUT2D eigenvalue weighted by molar-refractivity contribution is -0.0165. The van der Waals surface area contributed by atoms with Crippen LogP contribution < -0.4 is 0 Å². The highest BCUT2D eigenvalue weighted by molar-refractivity contribution is 5.13. The summed E-state index contributed by atoms with van der Waals surface area (Å²) in [5.41, 5.74) is 1.17. The Bertz CT molecular complexity index is 445. The van der Waals surface area contributed by atoms with Crippen LogP contribution in [0.15, 0.2) is 30.3 Å². The van der Waals surface area contributed by atoms with Crippen LogP contribution >= 0.6 is 0 Å². The SMILES string of the molecule is C#CCOCCOCCOCCOCCOCCOCc1ccccc1. The molecule has 0 aliphatic heterocycles. The van der Waals surface area contributed by atoms with E-state index in [4.69, 9.17) is 34.8 Å². The monoisotopic (exact) mass is 366 g/mol. The van der Waals surface area contributed by atoms with Gasteiger partial charge in [-0.2, -0.15) is 0 Å². The van der Waals surface area contributed by atoms with Crippen LogP contribution in [0.4, 0.5) is 0 Å². The molecule has 1 aromatic rings. The largest absolute Gasteiger partial charge is 0.377 e. The Morgan fingerprint density at radius 3 is 1.46 bits per heavy atom. The second kappa shape index (κ2) is 18.3. The average molecular weight is 366 g/mol. The molecule has 26 heavy (non-hydrogen) atoms. The predicted octanol–water partition coefficient (Wildman–Crippen LogP) is 1.92. The molecule has 1 aromatic carbocycles. The fraction of sp³-hybridized carbons (Fsp3) is 0.600. The van der Waals surface area contributed by atoms with Gasteiger partial charge in [-0.1, -0.05) is 36.3 Å². The lowest BCUT2D eigenvalue weighted by Gasteiger charge is -2.08. The van der Waals surface area contributed by atoms with Crippen LogP contribution in [0.1, 0.15) is 5.56 Å². The normalized spacial score (nSPS) is 10.7. The van der Waals surface area contributed by atoms with Crippen LogP contribution in [-0.4, -0.2) is 72.7 Å². The Morgan fingerprint density at radius 1 is 0.577 bits per heavy atom. The molecule has 0 amide bonds. The van der Waals surface area contributed by atoms with Gasteiger partial charge in [0.15, 0.2) is 0 Å². The summed E-state index contributed by atoms with van der Waals surface area (Å²) in [6.07, 6.45) is 5.05. The van der Waals surface area contributed by atoms with Crippen molar-refractivity contribution in [3.8, 4) is 12.3 Å². The van der Waals surface area contributed by atoms with Gasteiger partial charge in [-0.15, -0.1) is 6.42 Å². The fourth-order valence-electron chi connectivity index (χ4n) is 1.89. The molecule has 0 aliphatic carbocycles. The van der Waals surface area contributed by atoms with E-state index in [1.807, 2.05) is 30.3 Å². The minimum Gasteiger partial charge on any atom is -0.377 e. The van der Waals surface area contributed by atoms with Crippen molar-refractivity contribution in [2.45, 2.75) is 6.61 Å². The molecule has 0 aromatic heterocycles. The third-order valence-electron chi connectivity index (χ3n) is 3.16. The molecule has 0 saturated carbocycles. The van der Waals surface area contributed by atoms with Crippen LogP contribution in [0, 0.1) is 12.3 Å². The maximum atomic E-state index is 5.52. The Kier molecular flexibility index (Phi) is 15.9. The van der Waals surface area contributed by atoms with Gasteiger partial charge < -0.3 is 28.4 Å². The van der Waals surface area contributed by atoms with E-state index in [1.54, 1.807) is 0 Å². The standard InChI is InChI=1S/C20H30O6/c1-2-8-21-9-10-22-11-12-23-13-14-24-15-16-25-17-18-26-19-20-6-4-3-5-7-20/h1,3-7H,8-19H2. The van der Waals surface area contributed by atoms with Crippen LogP contribution in [0.2, 0.25) is 0 Å². The Morgan fingerprint density at radius 2 is 1.00 bits per heavy atom. The van der Waals surface area contributed by atoms with E-state index < -0.39 is 0 Å². The van der Waals surface area contributed by atoms with E-state index in [1.165, 1.54) is 5.56 Å². The van der Waals surface area contributed by atoms with Gasteiger partial charge in [-0.3, -0.25) is 0 Å². The molecule has 1 rings (SSSR count). The molecule has 0 bridgehead atoms. The highest BCUT2D eigenvalue weighted by Crippen LogP contribution is 1.99. The van der Waals surface area contributed by atoms with Crippen molar-refractivity contribution >= 4 is 0 Å². The zero-order chi connectivity index (χ0) is 18.5. The molecule has 0 unspecified atom stereocenters. The summed E-state index contributed by atoms with van der Waals surface area (Å²) in [5.74, 6) is 2.39. The highest BCUT2D eigenvalue weighted by Gasteiger charge is 1.94. The van der Waals surface area contributed by atoms with E-state index in [0.29, 0.717) is 79.3 Å². The highest BCUT2D eigenvalue weighted by atomic mass is 16.6. The molecule has 6 heteroatoms. The first-order valence-corrected chi connectivity index (χ1v) is 8.87. The topological polar surface area (TPSA) is 55.4 Å². The first-order valence-electron chi connectivity index (χ1n) is 8.87. The van der Waals surface area contributed by atoms with Crippen molar-refractivity contribution in [3.05, 3.63) is 35.9 Å². The van der Waals surface area contributed by atoms with Crippen molar-refractivity contribution in [1.29, 1.82) is 0 Å². The summed E-state index contributed by atoms with van der Waals surface area (Å²) in [6.45, 7) is 6.34. The molecule has 0 atom stereocenters. The van der Waals surface area contributed by atoms with Gasteiger partial charge in [0.1, 0.15) is 6.61 Å². The third kappa shape index (κ3) is 14.8. The molecular formula is C20H30O6. The van der Waals surface area contributed by atoms with E-state index in [0.717, 1.165) is 0 Å². The Labute approximate surface area is 156 Å². The molecular weight excluding hydrogens is 336 g/mol. The lowest BCUT2D eigenvalue weighted by Crippen LogP contribution is -2.14. The second-order valence-electron chi connectivity index (χ2n) is 5.24. The van der Waals surface area contributed by atoms with Crippen LogP contribution in [0.3, 0.4) is 0 Å². The van der Waals surface area contributed by atoms with Gasteiger partial charge in [0, 0.05) is 0 Å². The van der Waals surface area contributed by atoms with Crippen molar-refractivity contribution in [1.82, 2.24) is 0 Å². The van der Waals surface area contributed by atoms with Crippen molar-refractivity contribution in [2.75, 3.05) is 72.7 Å². The molecule has 6 nitrogen and oxygen atoms in total. The Hall–Kier alpha value is -1.46. The molecule has 0 saturated heterocycles. The van der Waals surface area contributed by atoms with Gasteiger partial charge in [0.2, 0.25) is 0 Å². The van der Waals surface area contributed by atoms with Crippen LogP contribution in [0.5, 0.6) is 0 Å². The predicted molar refractivity (Wildman–Crippen MR) is 99.0 cm³/mol. The van der Waals surface area contributed by atoms with E-state index in [2.05, 4.69) is 5.92 Å². The maximum absolute atomic E-state index is 5.52. The van der Waals surface area contributed by atoms with Crippen LogP contribution in [-0.2, 0) is 35.0 Å². The molecule has 0 fully saturated rings. The Balaban J connectivity index is 1.69. The van der Waals surface area contributed by atoms with E-state index >= 15 is 0 Å². The van der Waals surface area contributed by atoms with E-state index in [9.17, 15) is 0 Å². The third-order valence-corrected chi connectivity index (χ3v) is 3.16. The molecule has 0 N–H and O–H groups in total. The van der Waals surface area contributed by atoms with Gasteiger partial charge in [0.25, 0.3) is 0 Å². The van der Waals surface area contributed by atoms with Gasteiger partial charge in [-0.25, -0.2) is 0 Å². The summed E-state index contributed by atoms with van der Waals surface area (Å²) < 4.78 is 32.1. The lowest BCUT2D eigenvalue weighted by atomic mass is 10.2. The van der Waals surface area contributed by atoms with Crippen molar-refractivity contribution < 1.29 is 28.4 Å². The van der Waals surface area contributed by atoms with Crippen molar-refractivity contribution in [3.63, 3.8) is 0 Å². The smallest absolute Gasteiger partial charge is 0.107 e. The number of benzene rings is 1. The molecule has 146 valence electrons. The first-order chi connectivity index (χ1) is 12.9. The summed E-state index contributed by atoms with van der Waals surface area (Å²) >= 11 is 0. The van der Waals surface area contributed by atoms with Gasteiger partial charge in [0.05, 0.1) is 72.7 Å². The number of hydrogen-bond acceptors (Lipinski definition) is 6. The zero-order valence-electron chi connectivity index (χ0n) is 15.4. The number of rotatable bonds is 18. The van der Waals surface area contributed by atoms with Crippen molar-refractivity contribution in [2.24, 2.45) is 0 Å². The van der Waals surface area contributed by atoms with Crippen LogP contribution in [0.25, 0.3) is 0 Å². The first kappa shape index (κ1) is 22.6. The minimum absolute atomic E-state index is 0.321. The summed E-state index contributed by atoms with van der Waals surface area (Å²) in [7, 11) is 0. The zero-order valence-corrected chi connectivity index (χ0v) is 15.4. The number of ether oxygens (including phenoxy) is 6. The summed E-state index contributed by atoms with van der Waals surface area (Å²) in [6, 6.07) is 10.1. The summed E-state index contributed by atoms with van der Waals surface area (Å²) in [5, 5.41) is 0. The van der Waals surface area contributed by atoms with Gasteiger partial charge in [-0.05, 0) is 5.56 Å². The molecule has 0 aliphatic rings. The quantitative estimate of drug-likeness (QED) is 0.292. The number of hydrogen-bond donors (Lipinski definition) is 0. The molecule has 0 radical (unpaired) electrons. The minimum atomic E-state index is 0.321. The second-order valence-corrected chi connectivity index (χ2v) is 5.24. The molecule has 0 heterocycles. The summed E-state index contributed by atoms with van der Waals surface area (Å²) in [4.78, 5) is 0. The fourth-order valence-corrected chi connectivity index (χ4v) is 1.89. The van der Waals surface area contributed by atoms with Gasteiger partial charge >= 0.3 is 0 Å². The maximum Gasteiger partial charge on any atom is 0.107 e. The molecule has 0 spiro atoms. The van der Waals surface area contributed by atoms with E-state index in [-0.39, 0.29) is 0 Å². The average Bonchev–Trinajstić information content (AvgIpc) is 2.68. The number of terminal acetylenes is 1.